The van der Waals surface area contributed by atoms with E-state index in [0.29, 0.717) is 6.42 Å². The minimum absolute atomic E-state index is 0.147. The maximum atomic E-state index is 8.77. The third-order valence-corrected chi connectivity index (χ3v) is 4.90. The normalized spacial score (nSPS) is 23.9. The van der Waals surface area contributed by atoms with Gasteiger partial charge in [0.15, 0.2) is 0 Å². The second-order valence-electron chi connectivity index (χ2n) is 5.51. The first-order valence-electron chi connectivity index (χ1n) is 7.09. The van der Waals surface area contributed by atoms with Crippen molar-refractivity contribution >= 4 is 11.3 Å². The molecule has 0 spiro atoms. The highest BCUT2D eigenvalue weighted by molar-refractivity contribution is 7.10. The lowest BCUT2D eigenvalue weighted by Crippen LogP contribution is -2.37. The molecule has 0 saturated carbocycles. The predicted octanol–water partition coefficient (Wildman–Crippen LogP) is 2.96. The van der Waals surface area contributed by atoms with Gasteiger partial charge in [-0.1, -0.05) is 25.7 Å². The summed E-state index contributed by atoms with van der Waals surface area (Å²) in [4.78, 5) is 3.92. The molecule has 1 fully saturated rings. The zero-order valence-corrected chi connectivity index (χ0v) is 12.7. The molecular formula is C16H23NOS. The fourth-order valence-electron chi connectivity index (χ4n) is 2.48. The van der Waals surface area contributed by atoms with E-state index < -0.39 is 0 Å². The summed E-state index contributed by atoms with van der Waals surface area (Å²) < 4.78 is 0. The van der Waals surface area contributed by atoms with Crippen LogP contribution in [-0.2, 0) is 6.54 Å². The van der Waals surface area contributed by atoms with Gasteiger partial charge in [-0.15, -0.1) is 11.3 Å². The summed E-state index contributed by atoms with van der Waals surface area (Å²) in [6.07, 6.45) is 1.87. The first kappa shape index (κ1) is 14.6. The van der Waals surface area contributed by atoms with Crippen LogP contribution >= 0.6 is 11.3 Å². The highest BCUT2D eigenvalue weighted by Gasteiger charge is 2.23. The summed E-state index contributed by atoms with van der Waals surface area (Å²) in [5, 5.41) is 10.9. The van der Waals surface area contributed by atoms with Crippen LogP contribution in [0.2, 0.25) is 0 Å². The molecule has 2 nitrogen and oxygen atoms in total. The number of likely N-dealkylation sites (tertiary alicyclic amines) is 1. The lowest BCUT2D eigenvalue weighted by Gasteiger charge is -2.35. The molecule has 0 bridgehead atoms. The van der Waals surface area contributed by atoms with Gasteiger partial charge in [0, 0.05) is 30.0 Å². The smallest absolute Gasteiger partial charge is 0.0540 e. The number of aliphatic hydroxyl groups excluding tert-OH is 1. The molecule has 2 heterocycles. The Bertz CT molecular complexity index is 457. The average molecular weight is 277 g/mol. The van der Waals surface area contributed by atoms with Crippen molar-refractivity contribution in [1.82, 2.24) is 4.90 Å². The van der Waals surface area contributed by atoms with Crippen LogP contribution in [0.25, 0.3) is 0 Å². The molecule has 104 valence electrons. The van der Waals surface area contributed by atoms with E-state index in [-0.39, 0.29) is 6.61 Å². The van der Waals surface area contributed by atoms with E-state index in [1.165, 1.54) is 24.4 Å². The van der Waals surface area contributed by atoms with Crippen molar-refractivity contribution in [3.63, 3.8) is 0 Å². The lowest BCUT2D eigenvalue weighted by molar-refractivity contribution is 0.133. The number of rotatable bonds is 3. The van der Waals surface area contributed by atoms with Gasteiger partial charge in [0.05, 0.1) is 6.61 Å². The number of hydrogen-bond donors (Lipinski definition) is 1. The van der Waals surface area contributed by atoms with Gasteiger partial charge in [0.1, 0.15) is 0 Å². The summed E-state index contributed by atoms with van der Waals surface area (Å²) in [5.41, 5.74) is 1.14. The minimum atomic E-state index is 0.147. The van der Waals surface area contributed by atoms with Gasteiger partial charge in [-0.25, -0.2) is 0 Å². The molecule has 1 saturated heterocycles. The fourth-order valence-corrected chi connectivity index (χ4v) is 3.36. The summed E-state index contributed by atoms with van der Waals surface area (Å²) >= 11 is 1.80. The first-order valence-corrected chi connectivity index (χ1v) is 7.97. The van der Waals surface area contributed by atoms with Crippen LogP contribution < -0.4 is 0 Å². The van der Waals surface area contributed by atoms with Crippen LogP contribution in [0, 0.1) is 23.7 Å². The molecule has 2 unspecified atom stereocenters. The highest BCUT2D eigenvalue weighted by atomic mass is 32.1. The van der Waals surface area contributed by atoms with Crippen LogP contribution in [0.1, 0.15) is 37.1 Å². The van der Waals surface area contributed by atoms with E-state index in [0.717, 1.165) is 23.9 Å². The molecular weight excluding hydrogens is 254 g/mol. The van der Waals surface area contributed by atoms with Gasteiger partial charge in [-0.2, -0.15) is 0 Å². The zero-order valence-electron chi connectivity index (χ0n) is 11.9. The summed E-state index contributed by atoms with van der Waals surface area (Å²) in [5.74, 6) is 7.84. The largest absolute Gasteiger partial charge is 0.395 e. The van der Waals surface area contributed by atoms with Gasteiger partial charge >= 0.3 is 0 Å². The Labute approximate surface area is 120 Å². The Morgan fingerprint density at radius 1 is 1.42 bits per heavy atom. The van der Waals surface area contributed by atoms with Gasteiger partial charge < -0.3 is 5.11 Å². The van der Waals surface area contributed by atoms with Crippen molar-refractivity contribution in [2.45, 2.75) is 33.2 Å². The van der Waals surface area contributed by atoms with E-state index >= 15 is 0 Å². The second kappa shape index (κ2) is 7.09. The van der Waals surface area contributed by atoms with Crippen molar-refractivity contribution in [3.05, 3.63) is 21.9 Å². The average Bonchev–Trinajstić information content (AvgIpc) is 2.82. The van der Waals surface area contributed by atoms with E-state index in [2.05, 4.69) is 42.0 Å². The van der Waals surface area contributed by atoms with Crippen LogP contribution in [-0.4, -0.2) is 29.7 Å². The lowest BCUT2D eigenvalue weighted by atomic mass is 9.89. The Morgan fingerprint density at radius 2 is 2.26 bits per heavy atom. The standard InChI is InChI=1S/C16H23NOS/c1-13-6-8-17(11-14(13)2)12-16-15(7-10-19-16)5-3-4-9-18/h7,10,13-14,18H,4,6,8-9,11-12H2,1-2H3. The van der Waals surface area contributed by atoms with Crippen molar-refractivity contribution in [1.29, 1.82) is 0 Å². The van der Waals surface area contributed by atoms with E-state index in [1.807, 2.05) is 0 Å². The molecule has 0 amide bonds. The quantitative estimate of drug-likeness (QED) is 0.859. The Balaban J connectivity index is 1.97. The zero-order chi connectivity index (χ0) is 13.7. The molecule has 1 aromatic heterocycles. The summed E-state index contributed by atoms with van der Waals surface area (Å²) in [6, 6.07) is 2.10. The van der Waals surface area contributed by atoms with Crippen LogP contribution in [0.3, 0.4) is 0 Å². The predicted molar refractivity (Wildman–Crippen MR) is 81.1 cm³/mol. The summed E-state index contributed by atoms with van der Waals surface area (Å²) in [6.45, 7) is 8.29. The first-order chi connectivity index (χ1) is 9.20. The fraction of sp³-hybridized carbons (Fsp3) is 0.625. The van der Waals surface area contributed by atoms with E-state index in [4.69, 9.17) is 5.11 Å². The van der Waals surface area contributed by atoms with Crippen molar-refractivity contribution in [3.8, 4) is 11.8 Å². The molecule has 3 heteroatoms. The Morgan fingerprint density at radius 3 is 3.00 bits per heavy atom. The summed E-state index contributed by atoms with van der Waals surface area (Å²) in [7, 11) is 0. The number of hydrogen-bond acceptors (Lipinski definition) is 3. The number of piperidine rings is 1. The molecule has 19 heavy (non-hydrogen) atoms. The minimum Gasteiger partial charge on any atom is -0.395 e. The third kappa shape index (κ3) is 4.07. The number of nitrogens with zero attached hydrogens (tertiary/aromatic N) is 1. The van der Waals surface area contributed by atoms with Crippen LogP contribution in [0.4, 0.5) is 0 Å². The van der Waals surface area contributed by atoms with E-state index in [9.17, 15) is 0 Å². The molecule has 1 N–H and O–H groups in total. The van der Waals surface area contributed by atoms with Crippen molar-refractivity contribution < 1.29 is 5.11 Å². The van der Waals surface area contributed by atoms with Gasteiger partial charge in [0.25, 0.3) is 0 Å². The van der Waals surface area contributed by atoms with Gasteiger partial charge in [-0.3, -0.25) is 4.90 Å². The van der Waals surface area contributed by atoms with Crippen molar-refractivity contribution in [2.24, 2.45) is 11.8 Å². The third-order valence-electron chi connectivity index (χ3n) is 3.99. The van der Waals surface area contributed by atoms with Crippen LogP contribution in [0.5, 0.6) is 0 Å². The molecule has 0 aliphatic carbocycles. The Hall–Kier alpha value is -0.820. The second-order valence-corrected chi connectivity index (χ2v) is 6.51. The van der Waals surface area contributed by atoms with Gasteiger partial charge in [0.2, 0.25) is 0 Å². The number of aliphatic hydroxyl groups is 1. The highest BCUT2D eigenvalue weighted by Crippen LogP contribution is 2.25. The van der Waals surface area contributed by atoms with E-state index in [1.54, 1.807) is 11.3 Å². The topological polar surface area (TPSA) is 23.5 Å². The molecule has 0 radical (unpaired) electrons. The molecule has 1 aliphatic heterocycles. The molecule has 1 aromatic rings. The monoisotopic (exact) mass is 277 g/mol. The molecule has 1 aliphatic rings. The number of thiophene rings is 1. The SMILES string of the molecule is CC1CCN(Cc2sccc2C#CCCO)CC1C. The molecule has 2 atom stereocenters. The maximum Gasteiger partial charge on any atom is 0.0540 e. The Kier molecular flexibility index (Phi) is 5.45. The van der Waals surface area contributed by atoms with Gasteiger partial charge in [-0.05, 0) is 36.2 Å². The van der Waals surface area contributed by atoms with Crippen LogP contribution in [0.15, 0.2) is 11.4 Å². The molecule has 0 aromatic carbocycles. The maximum absolute atomic E-state index is 8.77. The molecule has 2 rings (SSSR count). The van der Waals surface area contributed by atoms with Crippen molar-refractivity contribution in [2.75, 3.05) is 19.7 Å².